The van der Waals surface area contributed by atoms with Crippen LogP contribution in [0.1, 0.15) is 31.9 Å². The van der Waals surface area contributed by atoms with Crippen molar-refractivity contribution in [3.8, 4) is 0 Å². The van der Waals surface area contributed by atoms with Crippen molar-refractivity contribution in [2.24, 2.45) is 5.92 Å². The van der Waals surface area contributed by atoms with Crippen LogP contribution < -0.4 is 10.0 Å². The molecule has 1 amide bonds. The number of carbonyl (C=O) groups excluding carboxylic acids is 1. The first-order chi connectivity index (χ1) is 10.9. The molecule has 2 rings (SSSR count). The Balaban J connectivity index is 1.78. The van der Waals surface area contributed by atoms with Crippen LogP contribution in [0.2, 0.25) is 0 Å². The zero-order valence-electron chi connectivity index (χ0n) is 13.6. The van der Waals surface area contributed by atoms with Crippen molar-refractivity contribution in [1.82, 2.24) is 14.0 Å². The van der Waals surface area contributed by atoms with Crippen molar-refractivity contribution in [2.45, 2.75) is 33.1 Å². The Morgan fingerprint density at radius 1 is 1.43 bits per heavy atom. The predicted octanol–water partition coefficient (Wildman–Crippen LogP) is 1.28. The summed E-state index contributed by atoms with van der Waals surface area (Å²) in [5.41, 5.74) is 0.808. The molecule has 1 unspecified atom stereocenters. The first-order valence-electron chi connectivity index (χ1n) is 7.85. The molecule has 2 N–H and O–H groups in total. The Morgan fingerprint density at radius 2 is 2.22 bits per heavy atom. The third kappa shape index (κ3) is 5.56. The van der Waals surface area contributed by atoms with Crippen molar-refractivity contribution in [3.05, 3.63) is 23.9 Å². The van der Waals surface area contributed by atoms with Gasteiger partial charge < -0.3 is 5.32 Å². The molecular weight excluding hydrogens is 316 g/mol. The summed E-state index contributed by atoms with van der Waals surface area (Å²) in [7, 11) is -3.50. The lowest BCUT2D eigenvalue weighted by atomic mass is 10.0. The molecule has 1 aliphatic heterocycles. The minimum atomic E-state index is -3.50. The fourth-order valence-corrected chi connectivity index (χ4v) is 3.93. The summed E-state index contributed by atoms with van der Waals surface area (Å²) in [5, 5.41) is 2.66. The van der Waals surface area contributed by atoms with E-state index in [9.17, 15) is 13.2 Å². The van der Waals surface area contributed by atoms with Crippen molar-refractivity contribution < 1.29 is 13.2 Å². The van der Waals surface area contributed by atoms with Crippen LogP contribution in [0.3, 0.4) is 0 Å². The minimum Gasteiger partial charge on any atom is -0.311 e. The number of anilines is 1. The topological polar surface area (TPSA) is 91.4 Å². The number of amides is 1. The van der Waals surface area contributed by atoms with E-state index in [0.717, 1.165) is 18.5 Å². The number of aryl methyl sites for hydroxylation is 1. The number of hydrogen-bond donors (Lipinski definition) is 2. The van der Waals surface area contributed by atoms with Crippen molar-refractivity contribution >= 4 is 21.9 Å². The summed E-state index contributed by atoms with van der Waals surface area (Å²) in [4.78, 5) is 16.0. The molecule has 1 atom stereocenters. The molecule has 1 saturated heterocycles. The molecule has 23 heavy (non-hydrogen) atoms. The third-order valence-corrected chi connectivity index (χ3v) is 5.33. The van der Waals surface area contributed by atoms with E-state index in [1.165, 1.54) is 4.31 Å². The Labute approximate surface area is 137 Å². The van der Waals surface area contributed by atoms with E-state index in [4.69, 9.17) is 0 Å². The van der Waals surface area contributed by atoms with E-state index in [1.807, 2.05) is 19.9 Å². The van der Waals surface area contributed by atoms with Crippen LogP contribution in [0.25, 0.3) is 0 Å². The van der Waals surface area contributed by atoms with Crippen molar-refractivity contribution in [3.63, 3.8) is 0 Å². The lowest BCUT2D eigenvalue weighted by Crippen LogP contribution is -2.46. The maximum atomic E-state index is 12.2. The summed E-state index contributed by atoms with van der Waals surface area (Å²) in [6, 6.07) is 5.34. The van der Waals surface area contributed by atoms with Gasteiger partial charge in [-0.05, 0) is 37.8 Å². The smallest absolute Gasteiger partial charge is 0.279 e. The number of pyridine rings is 1. The molecule has 0 bridgehead atoms. The fourth-order valence-electron chi connectivity index (χ4n) is 2.57. The van der Waals surface area contributed by atoms with Gasteiger partial charge in [-0.15, -0.1) is 0 Å². The second kappa shape index (κ2) is 7.85. The van der Waals surface area contributed by atoms with Crippen LogP contribution in [-0.2, 0) is 15.0 Å². The highest BCUT2D eigenvalue weighted by Crippen LogP contribution is 2.17. The number of rotatable bonds is 6. The first-order valence-corrected chi connectivity index (χ1v) is 9.29. The normalized spacial score (nSPS) is 19.5. The quantitative estimate of drug-likeness (QED) is 0.816. The second-order valence-electron chi connectivity index (χ2n) is 5.97. The highest BCUT2D eigenvalue weighted by atomic mass is 32.2. The highest BCUT2D eigenvalue weighted by molar-refractivity contribution is 7.87. The summed E-state index contributed by atoms with van der Waals surface area (Å²) in [6.07, 6.45) is 2.00. The van der Waals surface area contributed by atoms with Crippen LogP contribution in [0.5, 0.6) is 0 Å². The molecule has 0 aromatic carbocycles. The average Bonchev–Trinajstić information content (AvgIpc) is 2.47. The maximum absolute atomic E-state index is 12.2. The second-order valence-corrected chi connectivity index (χ2v) is 7.72. The molecule has 0 aliphatic carbocycles. The van der Waals surface area contributed by atoms with Crippen LogP contribution in [0.4, 0.5) is 5.82 Å². The van der Waals surface area contributed by atoms with Gasteiger partial charge in [-0.2, -0.15) is 12.7 Å². The van der Waals surface area contributed by atoms with Gasteiger partial charge in [-0.25, -0.2) is 9.71 Å². The first kappa shape index (κ1) is 17.8. The van der Waals surface area contributed by atoms with Gasteiger partial charge in [-0.1, -0.05) is 13.0 Å². The number of nitrogens with zero attached hydrogens (tertiary/aromatic N) is 2. The molecule has 128 valence electrons. The maximum Gasteiger partial charge on any atom is 0.279 e. The Hall–Kier alpha value is -1.51. The van der Waals surface area contributed by atoms with Crippen molar-refractivity contribution in [2.75, 3.05) is 25.0 Å². The average molecular weight is 340 g/mol. The fraction of sp³-hybridized carbons (Fsp3) is 0.600. The molecule has 0 saturated carbocycles. The zero-order valence-corrected chi connectivity index (χ0v) is 14.4. The summed E-state index contributed by atoms with van der Waals surface area (Å²) in [6.45, 7) is 5.03. The standard InChI is InChI=1S/C15H24N4O3S/c1-12-5-4-10-19(11-12)23(21,22)16-9-8-15(20)18-14-7-3-6-13(2)17-14/h3,6-7,12,16H,4-5,8-11H2,1-2H3,(H,17,18,20). The lowest BCUT2D eigenvalue weighted by molar-refractivity contribution is -0.116. The van der Waals surface area contributed by atoms with Crippen LogP contribution in [-0.4, -0.2) is 43.2 Å². The molecule has 2 heterocycles. The molecule has 1 aromatic heterocycles. The van der Waals surface area contributed by atoms with Crippen molar-refractivity contribution in [1.29, 1.82) is 0 Å². The summed E-state index contributed by atoms with van der Waals surface area (Å²) >= 11 is 0. The monoisotopic (exact) mass is 340 g/mol. The van der Waals surface area contributed by atoms with E-state index in [2.05, 4.69) is 15.0 Å². The lowest BCUT2D eigenvalue weighted by Gasteiger charge is -2.29. The van der Waals surface area contributed by atoms with Gasteiger partial charge in [0.1, 0.15) is 5.82 Å². The van der Waals surface area contributed by atoms with E-state index >= 15 is 0 Å². The van der Waals surface area contributed by atoms with Gasteiger partial charge in [0.15, 0.2) is 0 Å². The Kier molecular flexibility index (Phi) is 6.09. The number of carbonyl (C=O) groups is 1. The number of hydrogen-bond acceptors (Lipinski definition) is 4. The van der Waals surface area contributed by atoms with E-state index in [-0.39, 0.29) is 18.9 Å². The Morgan fingerprint density at radius 3 is 2.91 bits per heavy atom. The molecule has 1 aromatic rings. The van der Waals surface area contributed by atoms with Gasteiger partial charge in [-0.3, -0.25) is 4.79 Å². The van der Waals surface area contributed by atoms with E-state index in [0.29, 0.717) is 24.8 Å². The summed E-state index contributed by atoms with van der Waals surface area (Å²) in [5.74, 6) is 0.580. The van der Waals surface area contributed by atoms with Gasteiger partial charge in [0, 0.05) is 31.7 Å². The molecular formula is C15H24N4O3S. The number of nitrogens with one attached hydrogen (secondary N) is 2. The van der Waals surface area contributed by atoms with E-state index in [1.54, 1.807) is 12.1 Å². The summed E-state index contributed by atoms with van der Waals surface area (Å²) < 4.78 is 28.3. The molecule has 0 radical (unpaired) electrons. The molecule has 0 spiro atoms. The largest absolute Gasteiger partial charge is 0.311 e. The molecule has 8 heteroatoms. The SMILES string of the molecule is Cc1cccc(NC(=O)CCNS(=O)(=O)N2CCCC(C)C2)n1. The molecule has 1 aliphatic rings. The zero-order chi connectivity index (χ0) is 16.9. The number of piperidine rings is 1. The van der Waals surface area contributed by atoms with Crippen LogP contribution >= 0.6 is 0 Å². The van der Waals surface area contributed by atoms with Crippen LogP contribution in [0, 0.1) is 12.8 Å². The Bertz CT molecular complexity index is 648. The number of aromatic nitrogens is 1. The predicted molar refractivity (Wildman–Crippen MR) is 89.1 cm³/mol. The van der Waals surface area contributed by atoms with Gasteiger partial charge in [0.05, 0.1) is 0 Å². The third-order valence-electron chi connectivity index (χ3n) is 3.75. The van der Waals surface area contributed by atoms with Gasteiger partial charge in [0.2, 0.25) is 5.91 Å². The minimum absolute atomic E-state index is 0.0677. The van der Waals surface area contributed by atoms with Gasteiger partial charge >= 0.3 is 0 Å². The molecule has 7 nitrogen and oxygen atoms in total. The highest BCUT2D eigenvalue weighted by Gasteiger charge is 2.26. The van der Waals surface area contributed by atoms with E-state index < -0.39 is 10.2 Å². The van der Waals surface area contributed by atoms with Crippen LogP contribution in [0.15, 0.2) is 18.2 Å². The molecule has 1 fully saturated rings. The van der Waals surface area contributed by atoms with Gasteiger partial charge in [0.25, 0.3) is 10.2 Å².